The van der Waals surface area contributed by atoms with Gasteiger partial charge in [-0.1, -0.05) is 48.9 Å². The fourth-order valence-electron chi connectivity index (χ4n) is 8.64. The van der Waals surface area contributed by atoms with Crippen molar-refractivity contribution < 1.29 is 33.7 Å². The third kappa shape index (κ3) is 2.65. The van der Waals surface area contributed by atoms with Crippen molar-refractivity contribution in [2.75, 3.05) is 6.61 Å². The average molecular weight is 497 g/mol. The number of benzene rings is 1. The van der Waals surface area contributed by atoms with Gasteiger partial charge in [0.1, 0.15) is 6.61 Å². The maximum Gasteiger partial charge on any atom is 0.193 e. The fourth-order valence-corrected chi connectivity index (χ4v) is 8.64. The Morgan fingerprint density at radius 1 is 1.17 bits per heavy atom. The molecule has 1 aromatic carbocycles. The summed E-state index contributed by atoms with van der Waals surface area (Å²) < 4.78 is 30.5. The van der Waals surface area contributed by atoms with Gasteiger partial charge in [0, 0.05) is 22.3 Å². The van der Waals surface area contributed by atoms with Crippen molar-refractivity contribution in [3.05, 3.63) is 59.7 Å². The molecule has 0 bridgehead atoms. The van der Waals surface area contributed by atoms with Crippen LogP contribution in [0.1, 0.15) is 52.0 Å². The van der Waals surface area contributed by atoms with Crippen LogP contribution < -0.4 is 0 Å². The third-order valence-corrected chi connectivity index (χ3v) is 10.4. The molecule has 0 amide bonds. The van der Waals surface area contributed by atoms with Crippen LogP contribution in [0, 0.1) is 22.7 Å². The van der Waals surface area contributed by atoms with Gasteiger partial charge < -0.3 is 19.7 Å². The molecule has 7 heteroatoms. The van der Waals surface area contributed by atoms with E-state index in [1.807, 2.05) is 37.3 Å². The molecule has 3 saturated carbocycles. The van der Waals surface area contributed by atoms with E-state index in [1.54, 1.807) is 19.9 Å². The van der Waals surface area contributed by atoms with Gasteiger partial charge in [0.05, 0.1) is 12.2 Å². The number of allylic oxidation sites excluding steroid dienone is 4. The molecule has 6 rings (SSSR count). The minimum atomic E-state index is -2.01. The summed E-state index contributed by atoms with van der Waals surface area (Å²) in [6.45, 7) is 4.70. The largest absolute Gasteiger partial charge is 0.390 e. The van der Waals surface area contributed by atoms with Crippen molar-refractivity contribution in [2.24, 2.45) is 22.7 Å². The van der Waals surface area contributed by atoms with Crippen LogP contribution in [0.3, 0.4) is 0 Å². The standard InChI is InChI=1S/C29H33FO6/c1-25-12-11-19(32)13-18(25)9-10-20-21-14-24-29(23(34)16-31,26(21,2)15-22(33)28(20,25)30)36-27(3,35-24)17-7-5-4-6-8-17/h4-8,11-13,20-22,24,31,33H,9-10,14-16H2,1-3H3/t20-,21-,22-,24+,25-,26-,27+,28-,29+/m0/s1. The van der Waals surface area contributed by atoms with E-state index in [0.29, 0.717) is 24.8 Å². The summed E-state index contributed by atoms with van der Waals surface area (Å²) in [5.74, 6) is -2.78. The molecule has 36 heavy (non-hydrogen) atoms. The third-order valence-electron chi connectivity index (χ3n) is 10.4. The molecule has 0 aromatic heterocycles. The van der Waals surface area contributed by atoms with Crippen LogP contribution in [0.2, 0.25) is 0 Å². The van der Waals surface area contributed by atoms with E-state index in [1.165, 1.54) is 12.2 Å². The highest BCUT2D eigenvalue weighted by molar-refractivity contribution is 6.01. The van der Waals surface area contributed by atoms with Crippen molar-refractivity contribution in [1.82, 2.24) is 0 Å². The predicted molar refractivity (Wildman–Crippen MR) is 128 cm³/mol. The van der Waals surface area contributed by atoms with E-state index in [-0.39, 0.29) is 18.1 Å². The Labute approximate surface area is 210 Å². The first-order valence-electron chi connectivity index (χ1n) is 12.9. The molecule has 1 saturated heterocycles. The van der Waals surface area contributed by atoms with Gasteiger partial charge in [-0.2, -0.15) is 0 Å². The number of aliphatic hydroxyl groups is 2. The summed E-state index contributed by atoms with van der Waals surface area (Å²) in [4.78, 5) is 25.6. The second-order valence-electron chi connectivity index (χ2n) is 11.8. The zero-order valence-electron chi connectivity index (χ0n) is 20.9. The van der Waals surface area contributed by atoms with Crippen molar-refractivity contribution in [2.45, 2.75) is 75.7 Å². The van der Waals surface area contributed by atoms with Crippen LogP contribution in [0.4, 0.5) is 4.39 Å². The topological polar surface area (TPSA) is 93.1 Å². The number of alkyl halides is 1. The highest BCUT2D eigenvalue weighted by Crippen LogP contribution is 2.72. The van der Waals surface area contributed by atoms with Crippen molar-refractivity contribution in [1.29, 1.82) is 0 Å². The predicted octanol–water partition coefficient (Wildman–Crippen LogP) is 3.56. The van der Waals surface area contributed by atoms with Gasteiger partial charge in [0.15, 0.2) is 28.6 Å². The van der Waals surface area contributed by atoms with Gasteiger partial charge >= 0.3 is 0 Å². The number of ether oxygens (including phenoxy) is 2. The SMILES string of the molecule is C[C@@]1(c2ccccc2)O[C@@H]2C[C@H]3[C@@H]4CCC5=CC(=O)C=C[C@]5(C)[C@@]4(F)[C@@H](O)C[C@]3(C)[C@]2(C(=O)CO)O1. The molecule has 0 radical (unpaired) electrons. The minimum absolute atomic E-state index is 0.0220. The van der Waals surface area contributed by atoms with Gasteiger partial charge in [-0.05, 0) is 57.6 Å². The zero-order valence-corrected chi connectivity index (χ0v) is 20.9. The number of carbonyl (C=O) groups is 2. The maximum absolute atomic E-state index is 17.4. The average Bonchev–Trinajstić information content (AvgIpc) is 3.29. The molecule has 0 unspecified atom stereocenters. The van der Waals surface area contributed by atoms with Gasteiger partial charge in [0.25, 0.3) is 0 Å². The molecule has 4 aliphatic carbocycles. The molecule has 1 heterocycles. The van der Waals surface area contributed by atoms with E-state index in [4.69, 9.17) is 9.47 Å². The molecule has 192 valence electrons. The first kappa shape index (κ1) is 24.2. The molecule has 2 N–H and O–H groups in total. The first-order chi connectivity index (χ1) is 17.0. The molecule has 4 fully saturated rings. The Balaban J connectivity index is 1.46. The lowest BCUT2D eigenvalue weighted by atomic mass is 9.44. The van der Waals surface area contributed by atoms with E-state index in [2.05, 4.69) is 0 Å². The van der Waals surface area contributed by atoms with Crippen LogP contribution in [0.15, 0.2) is 54.1 Å². The van der Waals surface area contributed by atoms with Crippen molar-refractivity contribution >= 4 is 11.6 Å². The summed E-state index contributed by atoms with van der Waals surface area (Å²) >= 11 is 0. The smallest absolute Gasteiger partial charge is 0.193 e. The molecule has 1 aromatic rings. The number of hydrogen-bond donors (Lipinski definition) is 2. The highest BCUT2D eigenvalue weighted by atomic mass is 19.1. The highest BCUT2D eigenvalue weighted by Gasteiger charge is 2.80. The second kappa shape index (κ2) is 7.44. The molecule has 6 nitrogen and oxygen atoms in total. The van der Waals surface area contributed by atoms with Gasteiger partial charge in [-0.25, -0.2) is 4.39 Å². The molecular formula is C29H33FO6. The monoisotopic (exact) mass is 496 g/mol. The lowest BCUT2D eigenvalue weighted by Gasteiger charge is -2.62. The summed E-state index contributed by atoms with van der Waals surface area (Å²) in [5, 5.41) is 21.7. The Bertz CT molecular complexity index is 1200. The van der Waals surface area contributed by atoms with Crippen LogP contribution in [0.5, 0.6) is 0 Å². The first-order valence-corrected chi connectivity index (χ1v) is 12.9. The number of carbonyl (C=O) groups excluding carboxylic acids is 2. The lowest BCUT2D eigenvalue weighted by Crippen LogP contribution is -2.70. The van der Waals surface area contributed by atoms with Crippen LogP contribution in [0.25, 0.3) is 0 Å². The van der Waals surface area contributed by atoms with Gasteiger partial charge in [-0.3, -0.25) is 9.59 Å². The van der Waals surface area contributed by atoms with Gasteiger partial charge in [-0.15, -0.1) is 0 Å². The maximum atomic E-state index is 17.4. The number of aliphatic hydroxyl groups excluding tert-OH is 2. The number of rotatable bonds is 3. The summed E-state index contributed by atoms with van der Waals surface area (Å²) in [7, 11) is 0. The van der Waals surface area contributed by atoms with Gasteiger partial charge in [0.2, 0.25) is 0 Å². The number of fused-ring (bicyclic) bond motifs is 7. The van der Waals surface area contributed by atoms with E-state index >= 15 is 4.39 Å². The molecule has 5 aliphatic rings. The number of hydrogen-bond acceptors (Lipinski definition) is 6. The van der Waals surface area contributed by atoms with Crippen molar-refractivity contribution in [3.63, 3.8) is 0 Å². The molecule has 1 aliphatic heterocycles. The second-order valence-corrected chi connectivity index (χ2v) is 11.8. The van der Waals surface area contributed by atoms with Crippen LogP contribution in [-0.2, 0) is 24.8 Å². The summed E-state index contributed by atoms with van der Waals surface area (Å²) in [6.07, 6.45) is 3.77. The normalized spacial score (nSPS) is 49.1. The Morgan fingerprint density at radius 3 is 2.58 bits per heavy atom. The Hall–Kier alpha value is -2.19. The molecule has 9 atom stereocenters. The summed E-state index contributed by atoms with van der Waals surface area (Å²) in [5.41, 5.74) is -4.15. The number of halogens is 1. The zero-order chi connectivity index (χ0) is 25.7. The van der Waals surface area contributed by atoms with E-state index < -0.39 is 58.4 Å². The molecular weight excluding hydrogens is 463 g/mol. The lowest BCUT2D eigenvalue weighted by molar-refractivity contribution is -0.254. The van der Waals surface area contributed by atoms with E-state index in [0.717, 1.165) is 5.56 Å². The Kier molecular flexibility index (Phi) is 4.99. The van der Waals surface area contributed by atoms with E-state index in [9.17, 15) is 19.8 Å². The quantitative estimate of drug-likeness (QED) is 0.665. The fraction of sp³-hybridized carbons (Fsp3) is 0.586. The van der Waals surface area contributed by atoms with Crippen molar-refractivity contribution in [3.8, 4) is 0 Å². The Morgan fingerprint density at radius 2 is 1.89 bits per heavy atom. The summed E-state index contributed by atoms with van der Waals surface area (Å²) in [6, 6.07) is 9.35. The van der Waals surface area contributed by atoms with Crippen LogP contribution in [-0.4, -0.2) is 51.9 Å². The minimum Gasteiger partial charge on any atom is -0.390 e. The number of ketones is 2. The number of Topliss-reactive ketones (excluding diaryl/α,β-unsaturated/α-hetero) is 1. The van der Waals surface area contributed by atoms with Crippen LogP contribution >= 0.6 is 0 Å². The molecule has 0 spiro atoms.